The van der Waals surface area contributed by atoms with Gasteiger partial charge in [-0.1, -0.05) is 0 Å². The number of anilines is 1. The summed E-state index contributed by atoms with van der Waals surface area (Å²) >= 11 is 0. The van der Waals surface area contributed by atoms with Gasteiger partial charge in [0.1, 0.15) is 5.82 Å². The van der Waals surface area contributed by atoms with Crippen molar-refractivity contribution in [1.29, 1.82) is 0 Å². The molecule has 0 atom stereocenters. The van der Waals surface area contributed by atoms with Gasteiger partial charge in [-0.3, -0.25) is 0 Å². The molecule has 0 spiro atoms. The van der Waals surface area contributed by atoms with Gasteiger partial charge in [-0.25, -0.2) is 18.0 Å². The maximum Gasteiger partial charge on any atom is 0.335 e. The van der Waals surface area contributed by atoms with E-state index in [1.165, 1.54) is 19.2 Å². The second kappa shape index (κ2) is 4.87. The Morgan fingerprint density at radius 2 is 2.12 bits per heavy atom. The minimum Gasteiger partial charge on any atom is -0.478 e. The highest BCUT2D eigenvalue weighted by Crippen LogP contribution is 2.20. The molecule has 0 saturated heterocycles. The summed E-state index contributed by atoms with van der Waals surface area (Å²) < 4.78 is 37.5. The molecule has 16 heavy (non-hydrogen) atoms. The van der Waals surface area contributed by atoms with Crippen LogP contribution < -0.4 is 4.90 Å². The first-order valence-corrected chi connectivity index (χ1v) is 4.44. The molecule has 0 unspecified atom stereocenters. The maximum absolute atomic E-state index is 13.4. The first-order chi connectivity index (χ1) is 7.41. The number of halogens is 3. The number of benzene rings is 1. The van der Waals surface area contributed by atoms with Crippen molar-refractivity contribution in [2.75, 3.05) is 18.5 Å². The lowest BCUT2D eigenvalue weighted by Crippen LogP contribution is -2.25. The Hall–Kier alpha value is -1.72. The van der Waals surface area contributed by atoms with E-state index in [0.717, 1.165) is 11.0 Å². The van der Waals surface area contributed by atoms with E-state index in [0.29, 0.717) is 0 Å². The van der Waals surface area contributed by atoms with Crippen molar-refractivity contribution in [2.24, 2.45) is 0 Å². The third kappa shape index (κ3) is 2.88. The molecule has 0 amide bonds. The molecular formula is C10H10F3NO2. The van der Waals surface area contributed by atoms with Gasteiger partial charge in [0, 0.05) is 7.05 Å². The molecule has 88 valence electrons. The van der Waals surface area contributed by atoms with Gasteiger partial charge in [-0.15, -0.1) is 0 Å². The molecule has 1 aromatic carbocycles. The summed E-state index contributed by atoms with van der Waals surface area (Å²) in [6, 6.07) is 3.14. The Morgan fingerprint density at radius 1 is 1.50 bits per heavy atom. The molecule has 6 heteroatoms. The average molecular weight is 233 g/mol. The summed E-state index contributed by atoms with van der Waals surface area (Å²) in [6.07, 6.45) is -2.58. The number of hydrogen-bond donors (Lipinski definition) is 1. The molecule has 0 aliphatic carbocycles. The highest BCUT2D eigenvalue weighted by molar-refractivity contribution is 5.88. The first kappa shape index (κ1) is 12.4. The van der Waals surface area contributed by atoms with Crippen LogP contribution in [0.1, 0.15) is 10.4 Å². The number of hydrogen-bond acceptors (Lipinski definition) is 2. The number of rotatable bonds is 4. The number of nitrogens with zero attached hydrogens (tertiary/aromatic N) is 1. The molecule has 0 heterocycles. The van der Waals surface area contributed by atoms with E-state index in [9.17, 15) is 18.0 Å². The van der Waals surface area contributed by atoms with Crippen molar-refractivity contribution in [2.45, 2.75) is 6.43 Å². The van der Waals surface area contributed by atoms with Gasteiger partial charge in [-0.05, 0) is 18.2 Å². The van der Waals surface area contributed by atoms with Crippen molar-refractivity contribution in [3.05, 3.63) is 29.6 Å². The molecular weight excluding hydrogens is 223 g/mol. The molecule has 0 aromatic heterocycles. The van der Waals surface area contributed by atoms with Gasteiger partial charge in [0.15, 0.2) is 0 Å². The van der Waals surface area contributed by atoms with Crippen LogP contribution in [0.3, 0.4) is 0 Å². The lowest BCUT2D eigenvalue weighted by atomic mass is 10.2. The normalized spacial score (nSPS) is 10.6. The van der Waals surface area contributed by atoms with Crippen LogP contribution in [0.5, 0.6) is 0 Å². The van der Waals surface area contributed by atoms with E-state index in [1.54, 1.807) is 0 Å². The summed E-state index contributed by atoms with van der Waals surface area (Å²) in [5.74, 6) is -2.09. The molecule has 0 fully saturated rings. The Bertz CT molecular complexity index is 396. The van der Waals surface area contributed by atoms with Crippen molar-refractivity contribution in [1.82, 2.24) is 0 Å². The molecule has 0 saturated carbocycles. The predicted octanol–water partition coefficient (Wildman–Crippen LogP) is 2.23. The summed E-state index contributed by atoms with van der Waals surface area (Å²) in [5, 5.41) is 8.58. The molecule has 0 aliphatic rings. The summed E-state index contributed by atoms with van der Waals surface area (Å²) in [6.45, 7) is -0.608. The topological polar surface area (TPSA) is 40.5 Å². The minimum absolute atomic E-state index is 0.0506. The highest BCUT2D eigenvalue weighted by Gasteiger charge is 2.14. The number of carboxylic acids is 1. The van der Waals surface area contributed by atoms with E-state index in [2.05, 4.69) is 0 Å². The zero-order valence-electron chi connectivity index (χ0n) is 8.45. The van der Waals surface area contributed by atoms with Gasteiger partial charge < -0.3 is 10.0 Å². The second-order valence-corrected chi connectivity index (χ2v) is 3.24. The average Bonchev–Trinajstić information content (AvgIpc) is 2.15. The SMILES string of the molecule is CN(CC(F)F)c1ccc(C(=O)O)cc1F. The minimum atomic E-state index is -2.58. The van der Waals surface area contributed by atoms with Gasteiger partial charge in [0.25, 0.3) is 6.43 Å². The van der Waals surface area contributed by atoms with Crippen molar-refractivity contribution in [3.8, 4) is 0 Å². The fourth-order valence-electron chi connectivity index (χ4n) is 1.25. The fourth-order valence-corrected chi connectivity index (χ4v) is 1.25. The highest BCUT2D eigenvalue weighted by atomic mass is 19.3. The van der Waals surface area contributed by atoms with Crippen LogP contribution in [-0.2, 0) is 0 Å². The lowest BCUT2D eigenvalue weighted by molar-refractivity contribution is 0.0696. The number of alkyl halides is 2. The molecule has 1 rings (SSSR count). The molecule has 1 N–H and O–H groups in total. The van der Waals surface area contributed by atoms with E-state index in [4.69, 9.17) is 5.11 Å². The molecule has 3 nitrogen and oxygen atoms in total. The Morgan fingerprint density at radius 3 is 2.56 bits per heavy atom. The van der Waals surface area contributed by atoms with Gasteiger partial charge in [0.2, 0.25) is 0 Å². The molecule has 0 aliphatic heterocycles. The number of carboxylic acid groups (broad SMARTS) is 1. The van der Waals surface area contributed by atoms with E-state index in [1.807, 2.05) is 0 Å². The number of aromatic carboxylic acids is 1. The first-order valence-electron chi connectivity index (χ1n) is 4.44. The summed E-state index contributed by atoms with van der Waals surface area (Å²) in [7, 11) is 1.31. The van der Waals surface area contributed by atoms with E-state index < -0.39 is 24.8 Å². The number of carbonyl (C=O) groups is 1. The Kier molecular flexibility index (Phi) is 3.76. The largest absolute Gasteiger partial charge is 0.478 e. The van der Waals surface area contributed by atoms with Crippen LogP contribution in [0.15, 0.2) is 18.2 Å². The van der Waals surface area contributed by atoms with Crippen LogP contribution in [0, 0.1) is 5.82 Å². The van der Waals surface area contributed by atoms with Crippen LogP contribution in [-0.4, -0.2) is 31.1 Å². The quantitative estimate of drug-likeness (QED) is 0.866. The van der Waals surface area contributed by atoms with E-state index in [-0.39, 0.29) is 11.3 Å². The van der Waals surface area contributed by atoms with Crippen LogP contribution in [0.4, 0.5) is 18.9 Å². The van der Waals surface area contributed by atoms with Crippen molar-refractivity contribution >= 4 is 11.7 Å². The van der Waals surface area contributed by atoms with Crippen LogP contribution >= 0.6 is 0 Å². The zero-order valence-corrected chi connectivity index (χ0v) is 8.45. The van der Waals surface area contributed by atoms with Gasteiger partial charge in [0.05, 0.1) is 17.8 Å². The van der Waals surface area contributed by atoms with Gasteiger partial charge >= 0.3 is 5.97 Å². The van der Waals surface area contributed by atoms with Crippen LogP contribution in [0.25, 0.3) is 0 Å². The monoisotopic (exact) mass is 233 g/mol. The standard InChI is InChI=1S/C10H10F3NO2/c1-14(5-9(12)13)8-3-2-6(10(15)16)4-7(8)11/h2-4,9H,5H2,1H3,(H,15,16). The van der Waals surface area contributed by atoms with E-state index >= 15 is 0 Å². The molecule has 0 radical (unpaired) electrons. The van der Waals surface area contributed by atoms with Gasteiger partial charge in [-0.2, -0.15) is 0 Å². The third-order valence-electron chi connectivity index (χ3n) is 2.02. The van der Waals surface area contributed by atoms with Crippen LogP contribution in [0.2, 0.25) is 0 Å². The Balaban J connectivity index is 2.94. The molecule has 0 bridgehead atoms. The smallest absolute Gasteiger partial charge is 0.335 e. The third-order valence-corrected chi connectivity index (χ3v) is 2.02. The fraction of sp³-hybridized carbons (Fsp3) is 0.300. The predicted molar refractivity (Wildman–Crippen MR) is 52.6 cm³/mol. The summed E-state index contributed by atoms with van der Waals surface area (Å²) in [5.41, 5.74) is -0.267. The maximum atomic E-state index is 13.4. The summed E-state index contributed by atoms with van der Waals surface area (Å²) in [4.78, 5) is 11.5. The Labute approximate surface area is 90.1 Å². The molecule has 1 aromatic rings. The van der Waals surface area contributed by atoms with Crippen molar-refractivity contribution in [3.63, 3.8) is 0 Å². The zero-order chi connectivity index (χ0) is 12.3. The second-order valence-electron chi connectivity index (χ2n) is 3.24. The lowest BCUT2D eigenvalue weighted by Gasteiger charge is -2.19. The van der Waals surface area contributed by atoms with Crippen molar-refractivity contribution < 1.29 is 23.1 Å².